The van der Waals surface area contributed by atoms with Crippen LogP contribution in [0.15, 0.2) is 89.4 Å². The second-order valence-electron chi connectivity index (χ2n) is 10.00. The summed E-state index contributed by atoms with van der Waals surface area (Å²) in [5.74, 6) is 0.183. The number of aliphatic hydroxyl groups excluding tert-OH is 1. The Balaban J connectivity index is 1.72. The summed E-state index contributed by atoms with van der Waals surface area (Å²) in [4.78, 5) is 5.06. The minimum absolute atomic E-state index is 0.0257. The standard InChI is InChI=1S/C28H31BrN2O/c1-28(2)17-25-23(26(32)18-28)19-30(20-11-5-3-6-12-20)27(22-15-9-10-16-24(22)29)31(25)21-13-7-4-8-14-21/h3-16,23,25-27,32H,17-19H2,1-2H3. The predicted octanol–water partition coefficient (Wildman–Crippen LogP) is 6.64. The van der Waals surface area contributed by atoms with Crippen molar-refractivity contribution in [1.82, 2.24) is 0 Å². The summed E-state index contributed by atoms with van der Waals surface area (Å²) in [5.41, 5.74) is 3.73. The summed E-state index contributed by atoms with van der Waals surface area (Å²) < 4.78 is 1.11. The lowest BCUT2D eigenvalue weighted by Gasteiger charge is -2.59. The molecule has 0 bridgehead atoms. The van der Waals surface area contributed by atoms with E-state index in [1.54, 1.807) is 0 Å². The molecule has 1 saturated heterocycles. The maximum absolute atomic E-state index is 11.3. The molecule has 4 heteroatoms. The van der Waals surface area contributed by atoms with Crippen LogP contribution in [0.3, 0.4) is 0 Å². The molecule has 1 N–H and O–H groups in total. The van der Waals surface area contributed by atoms with E-state index >= 15 is 0 Å². The maximum atomic E-state index is 11.3. The van der Waals surface area contributed by atoms with Crippen LogP contribution in [0.4, 0.5) is 11.4 Å². The molecule has 4 atom stereocenters. The molecule has 0 radical (unpaired) electrons. The summed E-state index contributed by atoms with van der Waals surface area (Å²) in [5, 5.41) is 11.3. The van der Waals surface area contributed by atoms with Crippen LogP contribution in [0.1, 0.15) is 38.4 Å². The van der Waals surface area contributed by atoms with Gasteiger partial charge in [-0.05, 0) is 48.6 Å². The minimum atomic E-state index is -0.318. The number of fused-ring (bicyclic) bond motifs is 1. The Hall–Kier alpha value is -2.30. The van der Waals surface area contributed by atoms with Crippen molar-refractivity contribution in [2.45, 2.75) is 45.0 Å². The minimum Gasteiger partial charge on any atom is -0.393 e. The Kier molecular flexibility index (Phi) is 5.77. The molecule has 1 heterocycles. The van der Waals surface area contributed by atoms with E-state index in [4.69, 9.17) is 0 Å². The van der Waals surface area contributed by atoms with Gasteiger partial charge in [-0.25, -0.2) is 0 Å². The lowest BCUT2D eigenvalue weighted by Crippen LogP contribution is -2.64. The van der Waals surface area contributed by atoms with E-state index in [0.29, 0.717) is 0 Å². The van der Waals surface area contributed by atoms with Crippen LogP contribution in [-0.2, 0) is 0 Å². The quantitative estimate of drug-likeness (QED) is 0.445. The average Bonchev–Trinajstić information content (AvgIpc) is 2.79. The third-order valence-electron chi connectivity index (χ3n) is 7.16. The van der Waals surface area contributed by atoms with Gasteiger partial charge in [0, 0.05) is 39.9 Å². The second kappa shape index (κ2) is 8.57. The maximum Gasteiger partial charge on any atom is 0.129 e. The number of halogens is 1. The van der Waals surface area contributed by atoms with Crippen LogP contribution in [0.25, 0.3) is 0 Å². The fourth-order valence-corrected chi connectivity index (χ4v) is 6.27. The highest BCUT2D eigenvalue weighted by Crippen LogP contribution is 2.50. The van der Waals surface area contributed by atoms with Gasteiger partial charge in [-0.3, -0.25) is 0 Å². The van der Waals surface area contributed by atoms with Crippen LogP contribution in [-0.4, -0.2) is 23.8 Å². The fourth-order valence-electron chi connectivity index (χ4n) is 5.78. The molecule has 32 heavy (non-hydrogen) atoms. The molecule has 1 aliphatic carbocycles. The topological polar surface area (TPSA) is 26.7 Å². The van der Waals surface area contributed by atoms with Crippen molar-refractivity contribution < 1.29 is 5.11 Å². The van der Waals surface area contributed by atoms with Gasteiger partial charge in [0.05, 0.1) is 6.10 Å². The lowest BCUT2D eigenvalue weighted by atomic mass is 9.66. The van der Waals surface area contributed by atoms with Gasteiger partial charge < -0.3 is 14.9 Å². The van der Waals surface area contributed by atoms with Crippen molar-refractivity contribution in [1.29, 1.82) is 0 Å². The van der Waals surface area contributed by atoms with Crippen molar-refractivity contribution in [3.05, 3.63) is 95.0 Å². The zero-order valence-corrected chi connectivity index (χ0v) is 20.3. The Bertz CT molecular complexity index is 1060. The Morgan fingerprint density at radius 1 is 0.812 bits per heavy atom. The van der Waals surface area contributed by atoms with E-state index in [2.05, 4.69) is 125 Å². The number of hydrogen-bond acceptors (Lipinski definition) is 3. The number of para-hydroxylation sites is 2. The van der Waals surface area contributed by atoms with Crippen molar-refractivity contribution in [2.24, 2.45) is 11.3 Å². The molecule has 0 aromatic heterocycles. The molecule has 3 nitrogen and oxygen atoms in total. The van der Waals surface area contributed by atoms with Crippen LogP contribution < -0.4 is 9.80 Å². The largest absolute Gasteiger partial charge is 0.393 e. The SMILES string of the molecule is CC1(C)CC(O)C2CN(c3ccccc3)C(c3ccccc3Br)N(c3ccccc3)C2C1. The molecular formula is C28H31BrN2O. The molecule has 2 fully saturated rings. The van der Waals surface area contributed by atoms with Gasteiger partial charge in [0.2, 0.25) is 0 Å². The molecule has 3 aromatic carbocycles. The van der Waals surface area contributed by atoms with Gasteiger partial charge in [0.25, 0.3) is 0 Å². The normalized spacial score (nSPS) is 27.1. The fraction of sp³-hybridized carbons (Fsp3) is 0.357. The van der Waals surface area contributed by atoms with Crippen LogP contribution >= 0.6 is 15.9 Å². The number of rotatable bonds is 3. The van der Waals surface area contributed by atoms with E-state index in [-0.39, 0.29) is 29.6 Å². The van der Waals surface area contributed by atoms with E-state index in [9.17, 15) is 5.11 Å². The monoisotopic (exact) mass is 490 g/mol. The molecular weight excluding hydrogens is 460 g/mol. The Labute approximate surface area is 199 Å². The van der Waals surface area contributed by atoms with Crippen molar-refractivity contribution in [2.75, 3.05) is 16.3 Å². The summed E-state index contributed by atoms with van der Waals surface area (Å²) in [7, 11) is 0. The van der Waals surface area contributed by atoms with E-state index in [1.165, 1.54) is 16.9 Å². The van der Waals surface area contributed by atoms with Gasteiger partial charge in [-0.2, -0.15) is 0 Å². The third-order valence-corrected chi connectivity index (χ3v) is 7.88. The first-order chi connectivity index (χ1) is 15.4. The first-order valence-electron chi connectivity index (χ1n) is 11.5. The van der Waals surface area contributed by atoms with Crippen LogP contribution in [0.2, 0.25) is 0 Å². The highest BCUT2D eigenvalue weighted by molar-refractivity contribution is 9.10. The summed E-state index contributed by atoms with van der Waals surface area (Å²) in [6.45, 7) is 5.43. The van der Waals surface area contributed by atoms with Gasteiger partial charge in [-0.1, -0.05) is 84.4 Å². The van der Waals surface area contributed by atoms with Gasteiger partial charge in [0.1, 0.15) is 6.17 Å². The molecule has 3 aromatic rings. The summed E-state index contributed by atoms with van der Waals surface area (Å²) in [6, 6.07) is 30.2. The van der Waals surface area contributed by atoms with Crippen molar-refractivity contribution >= 4 is 27.3 Å². The second-order valence-corrected chi connectivity index (χ2v) is 10.9. The molecule has 1 saturated carbocycles. The van der Waals surface area contributed by atoms with Crippen LogP contribution in [0.5, 0.6) is 0 Å². The van der Waals surface area contributed by atoms with Crippen molar-refractivity contribution in [3.8, 4) is 0 Å². The first kappa shape index (κ1) is 21.5. The molecule has 0 amide bonds. The number of benzene rings is 3. The molecule has 4 unspecified atom stereocenters. The lowest BCUT2D eigenvalue weighted by molar-refractivity contribution is -0.00722. The predicted molar refractivity (Wildman–Crippen MR) is 136 cm³/mol. The van der Waals surface area contributed by atoms with E-state index < -0.39 is 0 Å². The summed E-state index contributed by atoms with van der Waals surface area (Å²) in [6.07, 6.45) is 1.62. The number of hydrogen-bond donors (Lipinski definition) is 1. The highest BCUT2D eigenvalue weighted by Gasteiger charge is 2.50. The van der Waals surface area contributed by atoms with Gasteiger partial charge in [0.15, 0.2) is 0 Å². The number of anilines is 2. The highest BCUT2D eigenvalue weighted by atomic mass is 79.9. The third kappa shape index (κ3) is 3.95. The molecule has 0 spiro atoms. The molecule has 5 rings (SSSR count). The Morgan fingerprint density at radius 3 is 2.06 bits per heavy atom. The Morgan fingerprint density at radius 2 is 1.41 bits per heavy atom. The smallest absolute Gasteiger partial charge is 0.129 e. The number of nitrogens with zero attached hydrogens (tertiary/aromatic N) is 2. The van der Waals surface area contributed by atoms with Crippen molar-refractivity contribution in [3.63, 3.8) is 0 Å². The molecule has 2 aliphatic rings. The molecule has 1 aliphatic heterocycles. The van der Waals surface area contributed by atoms with E-state index in [0.717, 1.165) is 23.9 Å². The van der Waals surface area contributed by atoms with Crippen LogP contribution in [0, 0.1) is 11.3 Å². The van der Waals surface area contributed by atoms with E-state index in [1.807, 2.05) is 0 Å². The van der Waals surface area contributed by atoms with Gasteiger partial charge in [-0.15, -0.1) is 0 Å². The average molecular weight is 491 g/mol. The summed E-state index contributed by atoms with van der Waals surface area (Å²) >= 11 is 3.85. The molecule has 166 valence electrons. The van der Waals surface area contributed by atoms with Gasteiger partial charge >= 0.3 is 0 Å². The number of aliphatic hydroxyl groups is 1. The zero-order valence-electron chi connectivity index (χ0n) is 18.7. The first-order valence-corrected chi connectivity index (χ1v) is 12.3. The zero-order chi connectivity index (χ0) is 22.3.